The van der Waals surface area contributed by atoms with Crippen molar-refractivity contribution >= 4 is 5.91 Å². The van der Waals surface area contributed by atoms with Crippen LogP contribution in [0, 0.1) is 0 Å². The molecule has 0 saturated carbocycles. The minimum atomic E-state index is 0.108. The number of benzene rings is 2. The highest BCUT2D eigenvalue weighted by Crippen LogP contribution is 2.19. The Balaban J connectivity index is 1.36. The number of tetrazole rings is 1. The first-order valence-corrected chi connectivity index (χ1v) is 10.0. The highest BCUT2D eigenvalue weighted by Gasteiger charge is 2.26. The van der Waals surface area contributed by atoms with Crippen molar-refractivity contribution in [2.24, 2.45) is 0 Å². The molecule has 0 bridgehead atoms. The van der Waals surface area contributed by atoms with Gasteiger partial charge in [0, 0.05) is 31.2 Å². The molecule has 7 nitrogen and oxygen atoms in total. The third-order valence-corrected chi connectivity index (χ3v) is 5.52. The number of amides is 1. The van der Waals surface area contributed by atoms with Gasteiger partial charge in [-0.1, -0.05) is 42.5 Å². The van der Waals surface area contributed by atoms with E-state index in [1.54, 1.807) is 11.0 Å². The van der Waals surface area contributed by atoms with E-state index in [-0.39, 0.29) is 5.91 Å². The molecule has 29 heavy (non-hydrogen) atoms. The molecule has 1 amide bonds. The van der Waals surface area contributed by atoms with Gasteiger partial charge in [-0.25, -0.2) is 4.68 Å². The van der Waals surface area contributed by atoms with E-state index in [1.807, 2.05) is 35.2 Å². The molecule has 1 aliphatic rings. The zero-order valence-electron chi connectivity index (χ0n) is 16.7. The molecule has 0 N–H and O–H groups in total. The molecule has 1 aromatic heterocycles. The Kier molecular flexibility index (Phi) is 5.95. The van der Waals surface area contributed by atoms with Gasteiger partial charge in [0.05, 0.1) is 6.54 Å². The first-order chi connectivity index (χ1) is 14.2. The third-order valence-electron chi connectivity index (χ3n) is 5.52. The molecule has 4 rings (SSSR count). The van der Waals surface area contributed by atoms with Crippen molar-refractivity contribution in [2.45, 2.75) is 32.0 Å². The normalized spacial score (nSPS) is 16.9. The van der Waals surface area contributed by atoms with Crippen LogP contribution in [0.4, 0.5) is 0 Å². The van der Waals surface area contributed by atoms with E-state index in [2.05, 4.69) is 51.7 Å². The number of aromatic nitrogens is 4. The van der Waals surface area contributed by atoms with E-state index < -0.39 is 0 Å². The summed E-state index contributed by atoms with van der Waals surface area (Å²) in [6, 6.07) is 18.6. The van der Waals surface area contributed by atoms with Crippen LogP contribution in [0.15, 0.2) is 60.9 Å². The minimum Gasteiger partial charge on any atom is -0.337 e. The van der Waals surface area contributed by atoms with Crippen LogP contribution in [0.5, 0.6) is 0 Å². The van der Waals surface area contributed by atoms with Crippen LogP contribution in [-0.2, 0) is 13.1 Å². The van der Waals surface area contributed by atoms with Crippen molar-refractivity contribution in [3.05, 3.63) is 77.6 Å². The fourth-order valence-electron chi connectivity index (χ4n) is 3.87. The molecule has 0 aliphatic carbocycles. The number of carbonyl (C=O) groups is 1. The highest BCUT2D eigenvalue weighted by molar-refractivity contribution is 5.94. The first-order valence-electron chi connectivity index (χ1n) is 10.0. The Hall–Kier alpha value is -3.06. The van der Waals surface area contributed by atoms with Gasteiger partial charge >= 0.3 is 0 Å². The fraction of sp³-hybridized carbons (Fsp3) is 0.364. The van der Waals surface area contributed by atoms with E-state index in [9.17, 15) is 4.79 Å². The lowest BCUT2D eigenvalue weighted by atomic mass is 10.0. The maximum Gasteiger partial charge on any atom is 0.253 e. The number of piperidine rings is 1. The summed E-state index contributed by atoms with van der Waals surface area (Å²) in [5.74, 6) is 0.108. The summed E-state index contributed by atoms with van der Waals surface area (Å²) < 4.78 is 1.66. The van der Waals surface area contributed by atoms with E-state index in [4.69, 9.17) is 0 Å². The maximum atomic E-state index is 13.0. The van der Waals surface area contributed by atoms with Gasteiger partial charge in [0.15, 0.2) is 0 Å². The summed E-state index contributed by atoms with van der Waals surface area (Å²) in [5, 5.41) is 11.2. The number of nitrogens with zero attached hydrogens (tertiary/aromatic N) is 6. The molecule has 2 heterocycles. The molecule has 1 fully saturated rings. The van der Waals surface area contributed by atoms with Crippen molar-refractivity contribution < 1.29 is 4.79 Å². The van der Waals surface area contributed by atoms with E-state index in [0.29, 0.717) is 12.6 Å². The van der Waals surface area contributed by atoms with E-state index >= 15 is 0 Å². The first kappa shape index (κ1) is 19.3. The van der Waals surface area contributed by atoms with Crippen molar-refractivity contribution in [2.75, 3.05) is 20.1 Å². The van der Waals surface area contributed by atoms with Crippen LogP contribution in [0.25, 0.3) is 0 Å². The van der Waals surface area contributed by atoms with Gasteiger partial charge in [-0.05, 0) is 53.6 Å². The number of hydrogen-bond acceptors (Lipinski definition) is 5. The fourth-order valence-corrected chi connectivity index (χ4v) is 3.87. The lowest BCUT2D eigenvalue weighted by Crippen LogP contribution is -2.48. The molecule has 1 aliphatic heterocycles. The molecule has 1 saturated heterocycles. The van der Waals surface area contributed by atoms with E-state index in [1.165, 1.54) is 5.56 Å². The zero-order chi connectivity index (χ0) is 20.1. The summed E-state index contributed by atoms with van der Waals surface area (Å²) in [6.45, 7) is 3.09. The molecular weight excluding hydrogens is 364 g/mol. The van der Waals surface area contributed by atoms with Gasteiger partial charge in [0.2, 0.25) is 0 Å². The Morgan fingerprint density at radius 1 is 1.10 bits per heavy atom. The average Bonchev–Trinajstić information content (AvgIpc) is 3.28. The van der Waals surface area contributed by atoms with Crippen LogP contribution < -0.4 is 0 Å². The van der Waals surface area contributed by atoms with Gasteiger partial charge in [-0.15, -0.1) is 5.10 Å². The standard InChI is InChI=1S/C22H26N6O/c1-26(14-18-6-3-2-4-7-18)21-8-5-13-27(16-21)22(29)20-11-9-19(10-12-20)15-28-17-23-24-25-28/h2-4,6-7,9-12,17,21H,5,8,13-16H2,1H3/t21-/m0/s1. The zero-order valence-corrected chi connectivity index (χ0v) is 16.7. The number of hydrogen-bond donors (Lipinski definition) is 0. The van der Waals surface area contributed by atoms with Gasteiger partial charge in [-0.2, -0.15) is 0 Å². The predicted octanol–water partition coefficient (Wildman–Crippen LogP) is 2.46. The molecule has 0 radical (unpaired) electrons. The monoisotopic (exact) mass is 390 g/mol. The van der Waals surface area contributed by atoms with Gasteiger partial charge in [-0.3, -0.25) is 9.69 Å². The largest absolute Gasteiger partial charge is 0.337 e. The summed E-state index contributed by atoms with van der Waals surface area (Å²) in [6.07, 6.45) is 3.74. The molecule has 1 atom stereocenters. The number of likely N-dealkylation sites (N-methyl/N-ethyl adjacent to an activating group) is 1. The average molecular weight is 390 g/mol. The Labute approximate surface area is 170 Å². The van der Waals surface area contributed by atoms with Crippen LogP contribution in [-0.4, -0.2) is 62.1 Å². The second-order valence-electron chi connectivity index (χ2n) is 7.65. The van der Waals surface area contributed by atoms with Crippen molar-refractivity contribution in [1.82, 2.24) is 30.0 Å². The molecule has 2 aromatic carbocycles. The topological polar surface area (TPSA) is 67.2 Å². The predicted molar refractivity (Wildman–Crippen MR) is 110 cm³/mol. The lowest BCUT2D eigenvalue weighted by Gasteiger charge is -2.37. The molecule has 3 aromatic rings. The van der Waals surface area contributed by atoms with Crippen molar-refractivity contribution in [1.29, 1.82) is 0 Å². The Bertz CT molecular complexity index is 910. The van der Waals surface area contributed by atoms with Crippen LogP contribution in [0.2, 0.25) is 0 Å². The smallest absolute Gasteiger partial charge is 0.253 e. The van der Waals surface area contributed by atoms with Gasteiger partial charge in [0.25, 0.3) is 5.91 Å². The third kappa shape index (κ3) is 4.86. The van der Waals surface area contributed by atoms with Gasteiger partial charge in [0.1, 0.15) is 6.33 Å². The SMILES string of the molecule is CN(Cc1ccccc1)[C@H]1CCCN(C(=O)c2ccc(Cn3cnnn3)cc2)C1. The number of likely N-dealkylation sites (tertiary alicyclic amines) is 1. The van der Waals surface area contributed by atoms with E-state index in [0.717, 1.165) is 43.6 Å². The summed E-state index contributed by atoms with van der Waals surface area (Å²) in [7, 11) is 2.15. The lowest BCUT2D eigenvalue weighted by molar-refractivity contribution is 0.0602. The van der Waals surface area contributed by atoms with Crippen molar-refractivity contribution in [3.8, 4) is 0 Å². The highest BCUT2D eigenvalue weighted by atomic mass is 16.2. The molecule has 0 unspecified atom stereocenters. The van der Waals surface area contributed by atoms with Gasteiger partial charge < -0.3 is 4.90 Å². The summed E-state index contributed by atoms with van der Waals surface area (Å²) >= 11 is 0. The minimum absolute atomic E-state index is 0.108. The Morgan fingerprint density at radius 2 is 1.90 bits per heavy atom. The van der Waals surface area contributed by atoms with Crippen LogP contribution >= 0.6 is 0 Å². The summed E-state index contributed by atoms with van der Waals surface area (Å²) in [4.78, 5) is 17.4. The molecule has 150 valence electrons. The molecular formula is C22H26N6O. The van der Waals surface area contributed by atoms with Crippen LogP contribution in [0.1, 0.15) is 34.3 Å². The second kappa shape index (κ2) is 8.96. The molecule has 7 heteroatoms. The number of rotatable bonds is 6. The molecule has 0 spiro atoms. The van der Waals surface area contributed by atoms with Crippen molar-refractivity contribution in [3.63, 3.8) is 0 Å². The maximum absolute atomic E-state index is 13.0. The second-order valence-corrected chi connectivity index (χ2v) is 7.65. The quantitative estimate of drug-likeness (QED) is 0.647. The number of carbonyl (C=O) groups excluding carboxylic acids is 1. The Morgan fingerprint density at radius 3 is 2.62 bits per heavy atom. The summed E-state index contributed by atoms with van der Waals surface area (Å²) in [5.41, 5.74) is 3.10. The van der Waals surface area contributed by atoms with Crippen LogP contribution in [0.3, 0.4) is 0 Å².